The predicted octanol–water partition coefficient (Wildman–Crippen LogP) is 7.72. The Hall–Kier alpha value is -2.09. The van der Waals surface area contributed by atoms with Crippen LogP contribution in [-0.2, 0) is 6.18 Å². The second kappa shape index (κ2) is 9.61. The van der Waals surface area contributed by atoms with Crippen LogP contribution in [0.2, 0.25) is 0 Å². The molecule has 2 fully saturated rings. The summed E-state index contributed by atoms with van der Waals surface area (Å²) in [6.07, 6.45) is 9.84. The number of alkyl halides is 3. The van der Waals surface area contributed by atoms with Crippen molar-refractivity contribution in [3.8, 4) is 6.07 Å². The molecule has 1 aromatic carbocycles. The van der Waals surface area contributed by atoms with Crippen LogP contribution in [0.15, 0.2) is 48.3 Å². The van der Waals surface area contributed by atoms with Gasteiger partial charge in [-0.1, -0.05) is 24.3 Å². The molecule has 2 aliphatic carbocycles. The molecular weight excluding hydrogens is 378 g/mol. The standard InChI is InChI=1S/C24H27F4N/c25-23(16-29)15-19-5-3-17(4-6-19)1-2-18-7-9-20(10-8-18)21-11-13-22(14-12-21)24(26,27)28/h1-2,11-15,17-20H,3-10H2/b2-1+,23-15?/t17-,18-,19-,20-. The molecule has 29 heavy (non-hydrogen) atoms. The minimum absolute atomic E-state index is 0.179. The third kappa shape index (κ3) is 6.19. The lowest BCUT2D eigenvalue weighted by molar-refractivity contribution is -0.137. The second-order valence-electron chi connectivity index (χ2n) is 8.42. The van der Waals surface area contributed by atoms with Gasteiger partial charge >= 0.3 is 6.18 Å². The Kier molecular flexibility index (Phi) is 7.16. The van der Waals surface area contributed by atoms with E-state index < -0.39 is 17.6 Å². The molecule has 156 valence electrons. The van der Waals surface area contributed by atoms with Crippen molar-refractivity contribution in [3.05, 3.63) is 59.4 Å². The predicted molar refractivity (Wildman–Crippen MR) is 106 cm³/mol. The first-order valence-electron chi connectivity index (χ1n) is 10.5. The molecule has 0 N–H and O–H groups in total. The van der Waals surface area contributed by atoms with Crippen LogP contribution in [0, 0.1) is 29.1 Å². The Bertz CT molecular complexity index is 754. The largest absolute Gasteiger partial charge is 0.416 e. The molecule has 0 bridgehead atoms. The number of allylic oxidation sites excluding steroid dienone is 4. The van der Waals surface area contributed by atoms with E-state index in [2.05, 4.69) is 12.2 Å². The molecule has 0 unspecified atom stereocenters. The number of halogens is 4. The van der Waals surface area contributed by atoms with Gasteiger partial charge in [-0.2, -0.15) is 22.8 Å². The summed E-state index contributed by atoms with van der Waals surface area (Å²) in [4.78, 5) is 0. The fourth-order valence-corrected chi connectivity index (χ4v) is 4.65. The third-order valence-corrected chi connectivity index (χ3v) is 6.44. The quantitative estimate of drug-likeness (QED) is 0.286. The number of nitriles is 1. The number of hydrogen-bond donors (Lipinski definition) is 0. The van der Waals surface area contributed by atoms with Crippen molar-refractivity contribution < 1.29 is 17.6 Å². The Balaban J connectivity index is 1.44. The minimum Gasteiger partial charge on any atom is -0.195 e. The van der Waals surface area contributed by atoms with Gasteiger partial charge in [-0.05, 0) is 98.8 Å². The smallest absolute Gasteiger partial charge is 0.195 e. The van der Waals surface area contributed by atoms with Crippen molar-refractivity contribution in [2.75, 3.05) is 0 Å². The van der Waals surface area contributed by atoms with E-state index in [9.17, 15) is 17.6 Å². The highest BCUT2D eigenvalue weighted by atomic mass is 19.4. The number of rotatable bonds is 4. The zero-order valence-electron chi connectivity index (χ0n) is 16.5. The average Bonchev–Trinajstić information content (AvgIpc) is 2.73. The van der Waals surface area contributed by atoms with Gasteiger partial charge in [0, 0.05) is 0 Å². The maximum absolute atomic E-state index is 13.1. The summed E-state index contributed by atoms with van der Waals surface area (Å²) in [5.41, 5.74) is 0.426. The maximum Gasteiger partial charge on any atom is 0.416 e. The van der Waals surface area contributed by atoms with Crippen molar-refractivity contribution in [2.45, 2.75) is 63.5 Å². The first kappa shape index (κ1) is 21.6. The average molecular weight is 405 g/mol. The molecule has 0 radical (unpaired) electrons. The molecule has 0 aliphatic heterocycles. The molecule has 3 rings (SSSR count). The van der Waals surface area contributed by atoms with Crippen LogP contribution in [0.1, 0.15) is 68.4 Å². The van der Waals surface area contributed by atoms with Crippen molar-refractivity contribution in [1.82, 2.24) is 0 Å². The van der Waals surface area contributed by atoms with Gasteiger partial charge in [0.25, 0.3) is 0 Å². The number of nitrogens with zero attached hydrogens (tertiary/aromatic N) is 1. The fourth-order valence-electron chi connectivity index (χ4n) is 4.65. The summed E-state index contributed by atoms with van der Waals surface area (Å²) < 4.78 is 51.2. The molecule has 0 heterocycles. The zero-order chi connectivity index (χ0) is 20.9. The van der Waals surface area contributed by atoms with Gasteiger partial charge in [-0.15, -0.1) is 0 Å². The normalized spacial score (nSPS) is 29.0. The minimum atomic E-state index is -4.28. The molecule has 0 atom stereocenters. The highest BCUT2D eigenvalue weighted by molar-refractivity contribution is 5.27. The van der Waals surface area contributed by atoms with Gasteiger partial charge in [0.1, 0.15) is 6.07 Å². The molecule has 0 spiro atoms. The van der Waals surface area contributed by atoms with Crippen LogP contribution in [0.5, 0.6) is 0 Å². The molecule has 2 aliphatic rings. The molecule has 1 nitrogen and oxygen atoms in total. The van der Waals surface area contributed by atoms with Gasteiger partial charge in [0.05, 0.1) is 5.56 Å². The Morgan fingerprint density at radius 3 is 1.79 bits per heavy atom. The fraction of sp³-hybridized carbons (Fsp3) is 0.542. The van der Waals surface area contributed by atoms with E-state index in [0.29, 0.717) is 17.8 Å². The maximum atomic E-state index is 13.1. The van der Waals surface area contributed by atoms with Gasteiger partial charge in [0.15, 0.2) is 5.83 Å². The third-order valence-electron chi connectivity index (χ3n) is 6.44. The van der Waals surface area contributed by atoms with Crippen molar-refractivity contribution in [1.29, 1.82) is 5.26 Å². The molecule has 0 saturated heterocycles. The van der Waals surface area contributed by atoms with Gasteiger partial charge in [-0.25, -0.2) is 0 Å². The van der Waals surface area contributed by atoms with Crippen LogP contribution in [-0.4, -0.2) is 0 Å². The summed E-state index contributed by atoms with van der Waals surface area (Å²) in [5, 5.41) is 8.53. The van der Waals surface area contributed by atoms with Gasteiger partial charge < -0.3 is 0 Å². The SMILES string of the molecule is N#CC(F)=C[C@H]1CC[C@H](/C=C/[C@H]2CC[C@H](c3ccc(C(F)(F)F)cc3)CC2)CC1. The van der Waals surface area contributed by atoms with Crippen LogP contribution < -0.4 is 0 Å². The van der Waals surface area contributed by atoms with E-state index in [-0.39, 0.29) is 5.92 Å². The molecule has 2 saturated carbocycles. The van der Waals surface area contributed by atoms with E-state index in [1.54, 1.807) is 18.2 Å². The molecule has 0 aromatic heterocycles. The number of hydrogen-bond acceptors (Lipinski definition) is 1. The highest BCUT2D eigenvalue weighted by Gasteiger charge is 2.30. The van der Waals surface area contributed by atoms with Crippen LogP contribution in [0.3, 0.4) is 0 Å². The topological polar surface area (TPSA) is 23.8 Å². The van der Waals surface area contributed by atoms with Crippen molar-refractivity contribution in [2.24, 2.45) is 17.8 Å². The summed E-state index contributed by atoms with van der Waals surface area (Å²) >= 11 is 0. The summed E-state index contributed by atoms with van der Waals surface area (Å²) in [6.45, 7) is 0. The Morgan fingerprint density at radius 1 is 0.828 bits per heavy atom. The second-order valence-corrected chi connectivity index (χ2v) is 8.42. The van der Waals surface area contributed by atoms with E-state index >= 15 is 0 Å². The summed E-state index contributed by atoms with van der Waals surface area (Å²) in [7, 11) is 0. The van der Waals surface area contributed by atoms with E-state index in [1.165, 1.54) is 18.2 Å². The number of benzene rings is 1. The molecule has 0 amide bonds. The highest BCUT2D eigenvalue weighted by Crippen LogP contribution is 2.38. The van der Waals surface area contributed by atoms with Crippen LogP contribution in [0.25, 0.3) is 0 Å². The lowest BCUT2D eigenvalue weighted by Crippen LogP contribution is -2.14. The van der Waals surface area contributed by atoms with Crippen molar-refractivity contribution >= 4 is 0 Å². The van der Waals surface area contributed by atoms with Crippen LogP contribution >= 0.6 is 0 Å². The van der Waals surface area contributed by atoms with E-state index in [1.807, 2.05) is 0 Å². The van der Waals surface area contributed by atoms with Crippen molar-refractivity contribution in [3.63, 3.8) is 0 Å². The Morgan fingerprint density at radius 2 is 1.31 bits per heavy atom. The lowest BCUT2D eigenvalue weighted by atomic mass is 9.77. The monoisotopic (exact) mass is 405 g/mol. The van der Waals surface area contributed by atoms with Crippen LogP contribution in [0.4, 0.5) is 17.6 Å². The molecule has 1 aromatic rings. The summed E-state index contributed by atoms with van der Waals surface area (Å²) in [6, 6.07) is 7.19. The first-order valence-corrected chi connectivity index (χ1v) is 10.5. The van der Waals surface area contributed by atoms with E-state index in [0.717, 1.165) is 56.9 Å². The van der Waals surface area contributed by atoms with Gasteiger partial charge in [0.2, 0.25) is 0 Å². The van der Waals surface area contributed by atoms with Gasteiger partial charge in [-0.3, -0.25) is 0 Å². The Labute approximate surface area is 170 Å². The zero-order valence-corrected chi connectivity index (χ0v) is 16.5. The molecular formula is C24H27F4N. The molecule has 5 heteroatoms. The van der Waals surface area contributed by atoms with E-state index in [4.69, 9.17) is 5.26 Å². The lowest BCUT2D eigenvalue weighted by Gasteiger charge is -2.28. The summed E-state index contributed by atoms with van der Waals surface area (Å²) in [5.74, 6) is 0.915. The first-order chi connectivity index (χ1) is 13.8.